The fourth-order valence-electron chi connectivity index (χ4n) is 3.34. The summed E-state index contributed by atoms with van der Waals surface area (Å²) in [5.41, 5.74) is 3.88. The van der Waals surface area contributed by atoms with Gasteiger partial charge in [0, 0.05) is 11.6 Å². The van der Waals surface area contributed by atoms with Crippen molar-refractivity contribution in [2.75, 3.05) is 6.54 Å². The summed E-state index contributed by atoms with van der Waals surface area (Å²) in [6.45, 7) is 0.918. The first kappa shape index (κ1) is 19.0. The zero-order valence-electron chi connectivity index (χ0n) is 15.4. The molecule has 1 aliphatic rings. The maximum atomic E-state index is 12.2. The number of amides is 1. The third kappa shape index (κ3) is 4.25. The fraction of sp³-hybridized carbons (Fsp3) is 0.130. The Balaban J connectivity index is 1.45. The molecule has 1 amide bonds. The van der Waals surface area contributed by atoms with Gasteiger partial charge in [-0.1, -0.05) is 60.1 Å². The molecule has 29 heavy (non-hydrogen) atoms. The first-order valence-corrected chi connectivity index (χ1v) is 9.51. The highest BCUT2D eigenvalue weighted by atomic mass is 35.5. The summed E-state index contributed by atoms with van der Waals surface area (Å²) >= 11 is 5.92. The van der Waals surface area contributed by atoms with Crippen molar-refractivity contribution in [3.8, 4) is 11.1 Å². The Morgan fingerprint density at radius 1 is 1.03 bits per heavy atom. The molecule has 1 N–H and O–H groups in total. The van der Waals surface area contributed by atoms with Crippen LogP contribution in [0.25, 0.3) is 11.1 Å². The summed E-state index contributed by atoms with van der Waals surface area (Å²) in [5, 5.41) is 9.79. The Kier molecular flexibility index (Phi) is 5.23. The number of rotatable bonds is 5. The van der Waals surface area contributed by atoms with Crippen molar-refractivity contribution in [2.45, 2.75) is 12.6 Å². The van der Waals surface area contributed by atoms with Crippen LogP contribution in [0.4, 0.5) is 4.79 Å². The highest BCUT2D eigenvalue weighted by Gasteiger charge is 2.32. The number of carbonyl (C=O) groups excluding carboxylic acids is 1. The van der Waals surface area contributed by atoms with Crippen LogP contribution in [-0.2, 0) is 11.3 Å². The largest absolute Gasteiger partial charge is 0.478 e. The van der Waals surface area contributed by atoms with Gasteiger partial charge in [0.2, 0.25) is 0 Å². The van der Waals surface area contributed by atoms with Crippen LogP contribution in [0.3, 0.4) is 0 Å². The molecule has 0 bridgehead atoms. The lowest BCUT2D eigenvalue weighted by Crippen LogP contribution is -2.23. The van der Waals surface area contributed by atoms with Crippen LogP contribution in [-0.4, -0.2) is 28.6 Å². The van der Waals surface area contributed by atoms with Crippen molar-refractivity contribution in [3.63, 3.8) is 0 Å². The van der Waals surface area contributed by atoms with Gasteiger partial charge in [-0.25, -0.2) is 9.59 Å². The van der Waals surface area contributed by atoms with Gasteiger partial charge in [-0.3, -0.25) is 4.90 Å². The van der Waals surface area contributed by atoms with Crippen LogP contribution in [0, 0.1) is 0 Å². The number of cyclic esters (lactones) is 1. The highest BCUT2D eigenvalue weighted by Crippen LogP contribution is 2.29. The number of hydrogen-bond acceptors (Lipinski definition) is 3. The average Bonchev–Trinajstić information content (AvgIpc) is 3.09. The molecule has 4 rings (SSSR count). The van der Waals surface area contributed by atoms with Crippen LogP contribution in [0.15, 0.2) is 72.8 Å². The van der Waals surface area contributed by atoms with Crippen LogP contribution in [0.5, 0.6) is 0 Å². The van der Waals surface area contributed by atoms with Crippen molar-refractivity contribution in [1.29, 1.82) is 0 Å². The lowest BCUT2D eigenvalue weighted by Gasteiger charge is -2.13. The summed E-state index contributed by atoms with van der Waals surface area (Å²) in [6.07, 6.45) is -0.652. The molecule has 1 atom stereocenters. The van der Waals surface area contributed by atoms with Gasteiger partial charge in [0.15, 0.2) is 0 Å². The predicted octanol–water partition coefficient (Wildman–Crippen LogP) is 5.40. The molecular formula is C23H18ClNO4. The number of halogens is 1. The predicted molar refractivity (Wildman–Crippen MR) is 110 cm³/mol. The van der Waals surface area contributed by atoms with Crippen LogP contribution in [0.2, 0.25) is 5.02 Å². The van der Waals surface area contributed by atoms with Crippen LogP contribution in [0.1, 0.15) is 27.6 Å². The molecule has 146 valence electrons. The van der Waals surface area contributed by atoms with E-state index in [-0.39, 0.29) is 17.8 Å². The quantitative estimate of drug-likeness (QED) is 0.615. The molecule has 1 fully saturated rings. The van der Waals surface area contributed by atoms with Gasteiger partial charge >= 0.3 is 12.1 Å². The van der Waals surface area contributed by atoms with Gasteiger partial charge in [0.25, 0.3) is 0 Å². The molecule has 1 unspecified atom stereocenters. The monoisotopic (exact) mass is 407 g/mol. The Morgan fingerprint density at radius 2 is 1.76 bits per heavy atom. The second kappa shape index (κ2) is 7.97. The molecule has 0 saturated carbocycles. The van der Waals surface area contributed by atoms with E-state index in [1.807, 2.05) is 42.5 Å². The van der Waals surface area contributed by atoms with Gasteiger partial charge in [0.05, 0.1) is 12.1 Å². The van der Waals surface area contributed by atoms with E-state index < -0.39 is 5.97 Å². The molecule has 0 radical (unpaired) electrons. The van der Waals surface area contributed by atoms with Gasteiger partial charge in [-0.2, -0.15) is 0 Å². The van der Waals surface area contributed by atoms with Crippen molar-refractivity contribution in [2.24, 2.45) is 0 Å². The zero-order chi connectivity index (χ0) is 20.4. The number of aromatic carboxylic acids is 1. The summed E-state index contributed by atoms with van der Waals surface area (Å²) < 4.78 is 5.49. The van der Waals surface area contributed by atoms with Crippen molar-refractivity contribution in [1.82, 2.24) is 4.90 Å². The molecule has 1 heterocycles. The lowest BCUT2D eigenvalue weighted by atomic mass is 10.0. The van der Waals surface area contributed by atoms with Gasteiger partial charge in [-0.05, 0) is 46.5 Å². The van der Waals surface area contributed by atoms with E-state index in [0.717, 1.165) is 22.3 Å². The molecular weight excluding hydrogens is 390 g/mol. The van der Waals surface area contributed by atoms with E-state index in [0.29, 0.717) is 18.1 Å². The molecule has 3 aromatic rings. The molecule has 6 heteroatoms. The van der Waals surface area contributed by atoms with Gasteiger partial charge in [-0.15, -0.1) is 0 Å². The number of carboxylic acids is 1. The first-order valence-electron chi connectivity index (χ1n) is 9.13. The number of hydrogen-bond donors (Lipinski definition) is 1. The number of nitrogens with zero attached hydrogens (tertiary/aromatic N) is 1. The molecule has 1 saturated heterocycles. The zero-order valence-corrected chi connectivity index (χ0v) is 16.2. The Labute approximate surface area is 173 Å². The summed E-state index contributed by atoms with van der Waals surface area (Å²) in [4.78, 5) is 25.1. The van der Waals surface area contributed by atoms with Crippen molar-refractivity contribution >= 4 is 23.7 Å². The second-order valence-corrected chi connectivity index (χ2v) is 7.32. The number of carboxylic acid groups (broad SMARTS) is 1. The number of ether oxygens (including phenoxy) is 1. The van der Waals surface area contributed by atoms with E-state index in [2.05, 4.69) is 0 Å². The Morgan fingerprint density at radius 3 is 2.45 bits per heavy atom. The Hall–Kier alpha value is -3.31. The first-order chi connectivity index (χ1) is 14.0. The van der Waals surface area contributed by atoms with E-state index in [9.17, 15) is 9.59 Å². The smallest absolute Gasteiger partial charge is 0.410 e. The SMILES string of the molecule is O=C(O)c1cccc(-c2ccc(CN3CC(c4ccc(Cl)cc4)OC3=O)cc2)c1. The van der Waals surface area contributed by atoms with E-state index in [4.69, 9.17) is 21.4 Å². The number of benzene rings is 3. The molecule has 0 spiro atoms. The van der Waals surface area contributed by atoms with E-state index in [1.54, 1.807) is 35.2 Å². The van der Waals surface area contributed by atoms with Gasteiger partial charge < -0.3 is 9.84 Å². The minimum atomic E-state index is -0.953. The summed E-state index contributed by atoms with van der Waals surface area (Å²) in [5.74, 6) is -0.953. The molecule has 5 nitrogen and oxygen atoms in total. The second-order valence-electron chi connectivity index (χ2n) is 6.89. The standard InChI is InChI=1S/C23H18ClNO4/c24-20-10-8-17(9-11-20)21-14-25(23(28)29-21)13-15-4-6-16(7-5-15)18-2-1-3-19(12-18)22(26)27/h1-12,21H,13-14H2,(H,26,27). The molecule has 3 aromatic carbocycles. The average molecular weight is 408 g/mol. The molecule has 0 aliphatic carbocycles. The molecule has 1 aliphatic heterocycles. The topological polar surface area (TPSA) is 66.8 Å². The molecule has 0 aromatic heterocycles. The maximum absolute atomic E-state index is 12.2. The third-order valence-electron chi connectivity index (χ3n) is 4.90. The van der Waals surface area contributed by atoms with Crippen molar-refractivity contribution < 1.29 is 19.4 Å². The minimum Gasteiger partial charge on any atom is -0.478 e. The van der Waals surface area contributed by atoms with Gasteiger partial charge in [0.1, 0.15) is 6.10 Å². The number of carbonyl (C=O) groups is 2. The van der Waals surface area contributed by atoms with E-state index in [1.165, 1.54) is 0 Å². The maximum Gasteiger partial charge on any atom is 0.410 e. The van der Waals surface area contributed by atoms with Crippen molar-refractivity contribution in [3.05, 3.63) is 94.5 Å². The lowest BCUT2D eigenvalue weighted by molar-refractivity contribution is 0.0697. The summed E-state index contributed by atoms with van der Waals surface area (Å²) in [7, 11) is 0. The fourth-order valence-corrected chi connectivity index (χ4v) is 3.47. The van der Waals surface area contributed by atoms with E-state index >= 15 is 0 Å². The minimum absolute atomic E-state index is 0.250. The highest BCUT2D eigenvalue weighted by molar-refractivity contribution is 6.30. The third-order valence-corrected chi connectivity index (χ3v) is 5.15. The normalized spacial score (nSPS) is 16.0. The Bertz CT molecular complexity index is 1050. The van der Waals surface area contributed by atoms with Crippen LogP contribution >= 0.6 is 11.6 Å². The van der Waals surface area contributed by atoms with Crippen LogP contribution < -0.4 is 0 Å². The summed E-state index contributed by atoms with van der Waals surface area (Å²) in [6, 6.07) is 21.8.